The summed E-state index contributed by atoms with van der Waals surface area (Å²) in [4.78, 5) is 36.6. The number of nitrogens with zero attached hydrogens (tertiary/aromatic N) is 2. The highest BCUT2D eigenvalue weighted by Gasteiger charge is 2.36. The fourth-order valence-corrected chi connectivity index (χ4v) is 4.01. The van der Waals surface area contributed by atoms with Crippen LogP contribution >= 0.6 is 11.8 Å². The molecule has 1 aliphatic rings. The summed E-state index contributed by atoms with van der Waals surface area (Å²) in [6.07, 6.45) is -3.20. The van der Waals surface area contributed by atoms with Crippen molar-refractivity contribution in [3.05, 3.63) is 92.6 Å². The van der Waals surface area contributed by atoms with Crippen LogP contribution in [0.2, 0.25) is 0 Å². The molecule has 1 aliphatic heterocycles. The molecule has 168 valence electrons. The third kappa shape index (κ3) is 4.67. The van der Waals surface area contributed by atoms with Crippen molar-refractivity contribution in [3.8, 4) is 11.3 Å². The molecule has 0 spiro atoms. The fraction of sp³-hybridized carbons (Fsp3) is 0.0909. The Bertz CT molecular complexity index is 1300. The molecule has 4 rings (SSSR count). The number of hydrogen-bond donors (Lipinski definition) is 0. The van der Waals surface area contributed by atoms with Gasteiger partial charge in [-0.25, -0.2) is 0 Å². The zero-order chi connectivity index (χ0) is 23.8. The number of para-hydroxylation sites is 1. The minimum atomic E-state index is -4.50. The Morgan fingerprint density at radius 3 is 2.55 bits per heavy atom. The van der Waals surface area contributed by atoms with Gasteiger partial charge in [0.2, 0.25) is 0 Å². The maximum atomic E-state index is 12.9. The Balaban J connectivity index is 1.56. The molecule has 0 N–H and O–H groups in total. The number of halogens is 3. The van der Waals surface area contributed by atoms with Crippen molar-refractivity contribution >= 4 is 34.7 Å². The highest BCUT2D eigenvalue weighted by Crippen LogP contribution is 2.36. The van der Waals surface area contributed by atoms with Gasteiger partial charge in [0.05, 0.1) is 21.9 Å². The highest BCUT2D eigenvalue weighted by molar-refractivity contribution is 8.18. The second-order valence-corrected chi connectivity index (χ2v) is 7.93. The number of carbonyl (C=O) groups excluding carboxylic acids is 2. The van der Waals surface area contributed by atoms with Gasteiger partial charge in [0, 0.05) is 23.3 Å². The van der Waals surface area contributed by atoms with E-state index in [0.717, 1.165) is 17.0 Å². The molecular weight excluding hydrogens is 461 g/mol. The van der Waals surface area contributed by atoms with Crippen molar-refractivity contribution in [2.24, 2.45) is 0 Å². The average molecular weight is 474 g/mol. The van der Waals surface area contributed by atoms with Gasteiger partial charge in [0.25, 0.3) is 16.8 Å². The van der Waals surface area contributed by atoms with E-state index in [1.165, 1.54) is 48.5 Å². The molecule has 2 heterocycles. The lowest BCUT2D eigenvalue weighted by Crippen LogP contribution is -2.27. The molecule has 3 aromatic rings. The molecule has 0 aliphatic carbocycles. The van der Waals surface area contributed by atoms with Crippen LogP contribution in [0.3, 0.4) is 0 Å². The van der Waals surface area contributed by atoms with Gasteiger partial charge in [-0.05, 0) is 36.0 Å². The molecule has 1 aromatic heterocycles. The number of imide groups is 1. The molecule has 1 fully saturated rings. The summed E-state index contributed by atoms with van der Waals surface area (Å²) < 4.78 is 44.4. The molecule has 33 heavy (non-hydrogen) atoms. The monoisotopic (exact) mass is 474 g/mol. The number of carbonyl (C=O) groups is 2. The second kappa shape index (κ2) is 8.58. The fourth-order valence-electron chi connectivity index (χ4n) is 3.19. The first-order chi connectivity index (χ1) is 15.6. The minimum Gasteiger partial charge on any atom is -0.457 e. The number of furan rings is 1. The average Bonchev–Trinajstić information content (AvgIpc) is 3.34. The SMILES string of the molecule is O=C1S/C(=C\c2ccc(-c3cccc(C(F)(F)F)c3)o2)C(=O)N1Cc1ccccc1[N+](=O)[O-]. The zero-order valence-corrected chi connectivity index (χ0v) is 17.4. The summed E-state index contributed by atoms with van der Waals surface area (Å²) in [7, 11) is 0. The van der Waals surface area contributed by atoms with E-state index in [1.807, 2.05) is 0 Å². The van der Waals surface area contributed by atoms with Gasteiger partial charge in [-0.2, -0.15) is 13.2 Å². The quantitative estimate of drug-likeness (QED) is 0.252. The lowest BCUT2D eigenvalue weighted by Gasteiger charge is -2.12. The van der Waals surface area contributed by atoms with E-state index in [2.05, 4.69) is 0 Å². The first kappa shape index (κ1) is 22.3. The third-order valence-electron chi connectivity index (χ3n) is 4.76. The smallest absolute Gasteiger partial charge is 0.416 e. The maximum absolute atomic E-state index is 12.9. The van der Waals surface area contributed by atoms with Crippen LogP contribution < -0.4 is 0 Å². The van der Waals surface area contributed by atoms with Crippen LogP contribution in [0.5, 0.6) is 0 Å². The number of alkyl halides is 3. The molecule has 7 nitrogen and oxygen atoms in total. The molecule has 0 saturated carbocycles. The lowest BCUT2D eigenvalue weighted by atomic mass is 10.1. The van der Waals surface area contributed by atoms with Crippen LogP contribution in [0.1, 0.15) is 16.9 Å². The van der Waals surface area contributed by atoms with E-state index in [0.29, 0.717) is 11.8 Å². The van der Waals surface area contributed by atoms with Crippen LogP contribution in [0, 0.1) is 10.1 Å². The summed E-state index contributed by atoms with van der Waals surface area (Å²) in [6.45, 7) is -0.271. The zero-order valence-electron chi connectivity index (χ0n) is 16.5. The van der Waals surface area contributed by atoms with Gasteiger partial charge in [0.15, 0.2) is 0 Å². The molecule has 1 saturated heterocycles. The van der Waals surface area contributed by atoms with E-state index in [1.54, 1.807) is 6.07 Å². The molecule has 0 atom stereocenters. The van der Waals surface area contributed by atoms with Gasteiger partial charge in [-0.15, -0.1) is 0 Å². The van der Waals surface area contributed by atoms with Crippen LogP contribution in [-0.2, 0) is 17.5 Å². The Labute approximate surface area is 188 Å². The van der Waals surface area contributed by atoms with Gasteiger partial charge in [0.1, 0.15) is 11.5 Å². The number of nitro benzene ring substituents is 1. The van der Waals surface area contributed by atoms with Crippen molar-refractivity contribution in [2.45, 2.75) is 12.7 Å². The summed E-state index contributed by atoms with van der Waals surface area (Å²) in [5, 5.41) is 10.6. The molecule has 11 heteroatoms. The van der Waals surface area contributed by atoms with Crippen LogP contribution in [-0.4, -0.2) is 21.0 Å². The van der Waals surface area contributed by atoms with E-state index >= 15 is 0 Å². The van der Waals surface area contributed by atoms with Crippen molar-refractivity contribution in [1.29, 1.82) is 0 Å². The van der Waals surface area contributed by atoms with Crippen molar-refractivity contribution in [1.82, 2.24) is 4.90 Å². The van der Waals surface area contributed by atoms with E-state index in [-0.39, 0.29) is 39.8 Å². The number of nitro groups is 1. The van der Waals surface area contributed by atoms with Crippen molar-refractivity contribution in [2.75, 3.05) is 0 Å². The van der Waals surface area contributed by atoms with Gasteiger partial charge in [-0.3, -0.25) is 24.6 Å². The number of benzene rings is 2. The second-order valence-electron chi connectivity index (χ2n) is 6.93. The van der Waals surface area contributed by atoms with Crippen LogP contribution in [0.4, 0.5) is 23.7 Å². The van der Waals surface area contributed by atoms with Crippen molar-refractivity contribution < 1.29 is 32.1 Å². The van der Waals surface area contributed by atoms with E-state index < -0.39 is 27.8 Å². The summed E-state index contributed by atoms with van der Waals surface area (Å²) in [5.74, 6) is -0.328. The largest absolute Gasteiger partial charge is 0.457 e. The summed E-state index contributed by atoms with van der Waals surface area (Å²) in [6, 6.07) is 13.3. The first-order valence-corrected chi connectivity index (χ1v) is 10.2. The standard InChI is InChI=1S/C22H13F3N2O5S/c23-22(24,25)15-6-3-5-13(10-15)18-9-8-16(32-18)11-19-20(28)26(21(29)33-19)12-14-4-1-2-7-17(14)27(30)31/h1-11H,12H2/b19-11-. The summed E-state index contributed by atoms with van der Waals surface area (Å²) >= 11 is 0.641. The predicted octanol–water partition coefficient (Wildman–Crippen LogP) is 6.11. The van der Waals surface area contributed by atoms with Crippen molar-refractivity contribution in [3.63, 3.8) is 0 Å². The Kier molecular flexibility index (Phi) is 5.81. The third-order valence-corrected chi connectivity index (χ3v) is 5.67. The predicted molar refractivity (Wildman–Crippen MR) is 114 cm³/mol. The molecular formula is C22H13F3N2O5S. The minimum absolute atomic E-state index is 0.0310. The molecule has 0 radical (unpaired) electrons. The van der Waals surface area contributed by atoms with E-state index in [4.69, 9.17) is 4.42 Å². The van der Waals surface area contributed by atoms with E-state index in [9.17, 15) is 32.9 Å². The normalized spacial score (nSPS) is 15.5. The molecule has 2 amide bonds. The van der Waals surface area contributed by atoms with Crippen LogP contribution in [0.15, 0.2) is 70.0 Å². The lowest BCUT2D eigenvalue weighted by molar-refractivity contribution is -0.385. The first-order valence-electron chi connectivity index (χ1n) is 9.38. The van der Waals surface area contributed by atoms with Crippen LogP contribution in [0.25, 0.3) is 17.4 Å². The van der Waals surface area contributed by atoms with Gasteiger partial charge >= 0.3 is 6.18 Å². The highest BCUT2D eigenvalue weighted by atomic mass is 32.2. The van der Waals surface area contributed by atoms with Gasteiger partial charge in [-0.1, -0.05) is 30.3 Å². The molecule has 0 unspecified atom stereocenters. The molecule has 0 bridgehead atoms. The Morgan fingerprint density at radius 2 is 1.82 bits per heavy atom. The number of thioether (sulfide) groups is 1. The number of hydrogen-bond acceptors (Lipinski definition) is 6. The summed E-state index contributed by atoms with van der Waals surface area (Å²) in [5.41, 5.74) is -0.629. The Hall–Kier alpha value is -3.86. The number of rotatable bonds is 5. The maximum Gasteiger partial charge on any atom is 0.416 e. The topological polar surface area (TPSA) is 93.7 Å². The number of amides is 2. The Morgan fingerprint density at radius 1 is 1.06 bits per heavy atom. The molecule has 2 aromatic carbocycles. The van der Waals surface area contributed by atoms with Gasteiger partial charge < -0.3 is 4.42 Å².